The number of hydrogen-bond donors (Lipinski definition) is 2. The summed E-state index contributed by atoms with van der Waals surface area (Å²) in [6.45, 7) is 4.90. The minimum Gasteiger partial charge on any atom is -0.473 e. The average Bonchev–Trinajstić information content (AvgIpc) is 2.84. The zero-order valence-electron chi connectivity index (χ0n) is 19.1. The van der Waals surface area contributed by atoms with Gasteiger partial charge in [-0.3, -0.25) is 14.8 Å². The number of nitrogens with one attached hydrogen (secondary N) is 1. The molecule has 4 rings (SSSR count). The lowest BCUT2D eigenvalue weighted by molar-refractivity contribution is -0.169. The molecule has 0 saturated carbocycles. The lowest BCUT2D eigenvalue weighted by atomic mass is 9.87. The lowest BCUT2D eigenvalue weighted by Gasteiger charge is -2.41. The maximum atomic E-state index is 13.4. The van der Waals surface area contributed by atoms with Crippen molar-refractivity contribution in [3.05, 3.63) is 54.2 Å². The van der Waals surface area contributed by atoms with E-state index in [0.29, 0.717) is 37.0 Å². The van der Waals surface area contributed by atoms with Gasteiger partial charge in [0.2, 0.25) is 11.8 Å². The molecule has 9 heteroatoms. The second-order valence-corrected chi connectivity index (χ2v) is 8.59. The molecular weight excluding hydrogens is 422 g/mol. The number of pyridine rings is 1. The van der Waals surface area contributed by atoms with Crippen molar-refractivity contribution in [1.82, 2.24) is 20.3 Å². The van der Waals surface area contributed by atoms with Crippen molar-refractivity contribution in [2.45, 2.75) is 25.5 Å². The van der Waals surface area contributed by atoms with Crippen LogP contribution in [0.25, 0.3) is 0 Å². The highest BCUT2D eigenvalue weighted by Crippen LogP contribution is 2.25. The zero-order chi connectivity index (χ0) is 23.4. The van der Waals surface area contributed by atoms with E-state index in [1.54, 1.807) is 11.0 Å². The molecule has 0 bridgehead atoms. The van der Waals surface area contributed by atoms with Crippen molar-refractivity contribution in [3.8, 4) is 5.88 Å². The molecule has 2 N–H and O–H groups in total. The zero-order valence-corrected chi connectivity index (χ0v) is 19.1. The van der Waals surface area contributed by atoms with E-state index in [0.717, 1.165) is 24.5 Å². The number of aryl methyl sites for hydroxylation is 1. The van der Waals surface area contributed by atoms with Gasteiger partial charge in [0.05, 0.1) is 12.0 Å². The normalized spacial score (nSPS) is 23.2. The molecule has 1 aromatic heterocycles. The topological polar surface area (TPSA) is 98.2 Å². The molecule has 9 nitrogen and oxygen atoms in total. The van der Waals surface area contributed by atoms with Crippen molar-refractivity contribution >= 4 is 17.5 Å². The number of carbonyl (C=O) groups is 2. The van der Waals surface area contributed by atoms with Crippen LogP contribution in [-0.4, -0.2) is 83.9 Å². The van der Waals surface area contributed by atoms with Gasteiger partial charge in [-0.25, -0.2) is 10.0 Å². The molecule has 33 heavy (non-hydrogen) atoms. The van der Waals surface area contributed by atoms with Crippen LogP contribution in [0, 0.1) is 12.8 Å². The summed E-state index contributed by atoms with van der Waals surface area (Å²) < 4.78 is 5.98. The van der Waals surface area contributed by atoms with Gasteiger partial charge >= 0.3 is 0 Å². The Morgan fingerprint density at radius 1 is 1.09 bits per heavy atom. The predicted molar refractivity (Wildman–Crippen MR) is 123 cm³/mol. The number of anilines is 1. The second-order valence-electron chi connectivity index (χ2n) is 8.59. The van der Waals surface area contributed by atoms with Gasteiger partial charge in [-0.2, -0.15) is 0 Å². The molecule has 2 fully saturated rings. The van der Waals surface area contributed by atoms with Crippen LogP contribution in [0.1, 0.15) is 12.1 Å². The van der Waals surface area contributed by atoms with E-state index in [1.165, 1.54) is 7.05 Å². The highest BCUT2D eigenvalue weighted by atomic mass is 16.5. The van der Waals surface area contributed by atoms with Gasteiger partial charge in [-0.15, -0.1) is 0 Å². The molecule has 0 unspecified atom stereocenters. The minimum atomic E-state index is -0.733. The van der Waals surface area contributed by atoms with E-state index in [1.807, 2.05) is 37.3 Å². The van der Waals surface area contributed by atoms with Gasteiger partial charge in [0, 0.05) is 57.2 Å². The number of piperazine rings is 1. The monoisotopic (exact) mass is 453 g/mol. The molecule has 0 radical (unpaired) electrons. The predicted octanol–water partition coefficient (Wildman–Crippen LogP) is 1.31. The third-order valence-corrected chi connectivity index (χ3v) is 6.25. The number of rotatable bonds is 5. The summed E-state index contributed by atoms with van der Waals surface area (Å²) in [5.41, 5.74) is 1.97. The Hall–Kier alpha value is -3.17. The fourth-order valence-electron chi connectivity index (χ4n) is 4.51. The molecule has 2 amide bonds. The highest BCUT2D eigenvalue weighted by Gasteiger charge is 2.43. The number of hydrogen-bond acceptors (Lipinski definition) is 7. The Kier molecular flexibility index (Phi) is 7.10. The van der Waals surface area contributed by atoms with Crippen LogP contribution in [0.4, 0.5) is 5.69 Å². The van der Waals surface area contributed by atoms with Gasteiger partial charge < -0.3 is 19.9 Å². The Bertz CT molecular complexity index is 962. The molecule has 3 atom stereocenters. The Morgan fingerprint density at radius 3 is 2.48 bits per heavy atom. The number of nitrogens with zero attached hydrogens (tertiary/aromatic N) is 4. The number of ether oxygens (including phenoxy) is 1. The molecule has 0 spiro atoms. The van der Waals surface area contributed by atoms with E-state index < -0.39 is 17.9 Å². The van der Waals surface area contributed by atoms with Gasteiger partial charge in [-0.05, 0) is 31.5 Å². The number of amides is 2. The van der Waals surface area contributed by atoms with Crippen molar-refractivity contribution in [1.29, 1.82) is 0 Å². The third-order valence-electron chi connectivity index (χ3n) is 6.25. The first kappa shape index (κ1) is 23.0. The van der Waals surface area contributed by atoms with Crippen LogP contribution in [0.3, 0.4) is 0 Å². The molecule has 3 heterocycles. The summed E-state index contributed by atoms with van der Waals surface area (Å²) in [5.74, 6) is -0.875. The van der Waals surface area contributed by atoms with E-state index >= 15 is 0 Å². The van der Waals surface area contributed by atoms with Gasteiger partial charge in [0.15, 0.2) is 0 Å². The highest BCUT2D eigenvalue weighted by molar-refractivity contribution is 5.90. The second kappa shape index (κ2) is 10.2. The molecular formula is C24H31N5O4. The first-order valence-corrected chi connectivity index (χ1v) is 11.3. The van der Waals surface area contributed by atoms with Crippen molar-refractivity contribution in [2.75, 3.05) is 44.7 Å². The molecule has 1 aromatic carbocycles. The Morgan fingerprint density at radius 2 is 1.82 bits per heavy atom. The standard InChI is InChI=1S/C24H31N5O4/c1-17-7-6-10-21(26-17)33-19-15-20(23(30)27(2)32)22(25-16-19)24(31)29-13-11-28(12-14-29)18-8-4-3-5-9-18/h3-10,19-20,22,25,32H,11-16H2,1-2H3/t19-,20-,22-/m0/s1. The molecule has 176 valence electrons. The number of benzene rings is 1. The molecule has 0 aliphatic carbocycles. The van der Waals surface area contributed by atoms with Crippen LogP contribution < -0.4 is 15.0 Å². The van der Waals surface area contributed by atoms with Gasteiger partial charge in [-0.1, -0.05) is 24.3 Å². The number of carbonyl (C=O) groups excluding carboxylic acids is 2. The van der Waals surface area contributed by atoms with Crippen LogP contribution in [-0.2, 0) is 9.59 Å². The SMILES string of the molecule is Cc1cccc(O[C@@H]2CN[C@H](C(=O)N3CCN(c4ccccc4)CC3)[C@@H](C(=O)N(C)O)C2)n1. The van der Waals surface area contributed by atoms with Crippen LogP contribution in [0.5, 0.6) is 5.88 Å². The Balaban J connectivity index is 1.41. The maximum absolute atomic E-state index is 13.4. The van der Waals surface area contributed by atoms with E-state index in [9.17, 15) is 14.8 Å². The van der Waals surface area contributed by atoms with Crippen molar-refractivity contribution < 1.29 is 19.5 Å². The maximum Gasteiger partial charge on any atom is 0.251 e. The third kappa shape index (κ3) is 5.43. The smallest absolute Gasteiger partial charge is 0.251 e. The molecule has 2 saturated heterocycles. The number of para-hydroxylation sites is 1. The van der Waals surface area contributed by atoms with E-state index in [-0.39, 0.29) is 12.0 Å². The fraction of sp³-hybridized carbons (Fsp3) is 0.458. The summed E-state index contributed by atoms with van der Waals surface area (Å²) in [6.07, 6.45) is -0.0283. The summed E-state index contributed by atoms with van der Waals surface area (Å²) in [6, 6.07) is 14.9. The van der Waals surface area contributed by atoms with Crippen molar-refractivity contribution in [2.24, 2.45) is 5.92 Å². The summed E-state index contributed by atoms with van der Waals surface area (Å²) >= 11 is 0. The van der Waals surface area contributed by atoms with Crippen molar-refractivity contribution in [3.63, 3.8) is 0 Å². The lowest BCUT2D eigenvalue weighted by Crippen LogP contribution is -2.62. The number of aromatic nitrogens is 1. The average molecular weight is 454 g/mol. The van der Waals surface area contributed by atoms with Gasteiger partial charge in [0.25, 0.3) is 5.91 Å². The Labute approximate surface area is 193 Å². The van der Waals surface area contributed by atoms with Crippen LogP contribution >= 0.6 is 0 Å². The molecule has 2 aromatic rings. The summed E-state index contributed by atoms with van der Waals surface area (Å²) in [4.78, 5) is 34.6. The fourth-order valence-corrected chi connectivity index (χ4v) is 4.51. The summed E-state index contributed by atoms with van der Waals surface area (Å²) in [7, 11) is 1.29. The van der Waals surface area contributed by atoms with Crippen LogP contribution in [0.2, 0.25) is 0 Å². The van der Waals surface area contributed by atoms with E-state index in [4.69, 9.17) is 4.74 Å². The minimum absolute atomic E-state index is 0.116. The number of piperidine rings is 1. The quantitative estimate of drug-likeness (QED) is 0.520. The largest absolute Gasteiger partial charge is 0.473 e. The first-order chi connectivity index (χ1) is 15.9. The molecule has 2 aliphatic heterocycles. The first-order valence-electron chi connectivity index (χ1n) is 11.3. The van der Waals surface area contributed by atoms with E-state index in [2.05, 4.69) is 27.3 Å². The number of hydroxylamine groups is 2. The van der Waals surface area contributed by atoms with Gasteiger partial charge in [0.1, 0.15) is 6.10 Å². The molecule has 2 aliphatic rings. The van der Waals surface area contributed by atoms with Crippen LogP contribution in [0.15, 0.2) is 48.5 Å². The summed E-state index contributed by atoms with van der Waals surface area (Å²) in [5, 5.41) is 13.6.